The van der Waals surface area contributed by atoms with E-state index in [0.717, 1.165) is 0 Å². The van der Waals surface area contributed by atoms with E-state index in [9.17, 15) is 14.3 Å². The molecule has 7 heteroatoms. The Morgan fingerprint density at radius 2 is 1.70 bits per heavy atom. The first-order valence-electron chi connectivity index (χ1n) is 9.82. The molecule has 0 saturated heterocycles. The average molecular weight is 415 g/mol. The van der Waals surface area contributed by atoms with Crippen molar-refractivity contribution in [3.05, 3.63) is 53.6 Å². The normalized spacial score (nSPS) is 12.4. The zero-order valence-corrected chi connectivity index (χ0v) is 17.9. The number of aromatic nitrogens is 2. The quantitative estimate of drug-likeness (QED) is 0.617. The molecule has 0 saturated carbocycles. The predicted molar refractivity (Wildman–Crippen MR) is 114 cm³/mol. The molecule has 0 atom stereocenters. The highest BCUT2D eigenvalue weighted by molar-refractivity contribution is 5.93. The minimum Gasteiger partial charge on any atom is -0.390 e. The molecule has 0 radical (unpaired) electrons. The summed E-state index contributed by atoms with van der Waals surface area (Å²) in [6, 6.07) is 8.76. The summed E-state index contributed by atoms with van der Waals surface area (Å²) in [6.45, 7) is 9.03. The van der Waals surface area contributed by atoms with Gasteiger partial charge in [-0.05, 0) is 55.2 Å². The monoisotopic (exact) mass is 415 g/mol. The number of amides is 1. The molecule has 0 unspecified atom stereocenters. The topological polar surface area (TPSA) is 67.2 Å². The lowest BCUT2D eigenvalue weighted by Crippen LogP contribution is -2.22. The predicted octanol–water partition coefficient (Wildman–Crippen LogP) is 4.99. The van der Waals surface area contributed by atoms with Gasteiger partial charge in [-0.1, -0.05) is 26.8 Å². The molecule has 2 N–H and O–H groups in total. The van der Waals surface area contributed by atoms with Crippen molar-refractivity contribution in [2.45, 2.75) is 53.1 Å². The van der Waals surface area contributed by atoms with Gasteiger partial charge in [-0.2, -0.15) is 0 Å². The zero-order chi connectivity index (χ0) is 22.3. The summed E-state index contributed by atoms with van der Waals surface area (Å²) < 4.78 is 30.4. The summed E-state index contributed by atoms with van der Waals surface area (Å²) in [7, 11) is 0. The van der Waals surface area contributed by atoms with Crippen molar-refractivity contribution < 1.29 is 18.7 Å². The number of hydrogen-bond donors (Lipinski definition) is 2. The van der Waals surface area contributed by atoms with Crippen molar-refractivity contribution >= 4 is 22.9 Å². The van der Waals surface area contributed by atoms with Crippen LogP contribution in [0.15, 0.2) is 36.4 Å². The van der Waals surface area contributed by atoms with Gasteiger partial charge in [0, 0.05) is 18.5 Å². The number of benzene rings is 2. The van der Waals surface area contributed by atoms with Crippen LogP contribution < -0.4 is 5.32 Å². The lowest BCUT2D eigenvalue weighted by molar-refractivity contribution is -0.117. The molecule has 2 aromatic carbocycles. The number of carbonyl (C=O) groups is 1. The Hall–Kier alpha value is -2.80. The lowest BCUT2D eigenvalue weighted by Gasteiger charge is -2.18. The van der Waals surface area contributed by atoms with Crippen molar-refractivity contribution in [3.8, 4) is 5.69 Å². The fourth-order valence-electron chi connectivity index (χ4n) is 3.35. The average Bonchev–Trinajstić information content (AvgIpc) is 2.94. The van der Waals surface area contributed by atoms with Crippen molar-refractivity contribution in [1.29, 1.82) is 0 Å². The summed E-state index contributed by atoms with van der Waals surface area (Å²) in [5.41, 5.74) is -0.0344. The Balaban J connectivity index is 2.18. The fraction of sp³-hybridized carbons (Fsp3) is 0.391. The van der Waals surface area contributed by atoms with Gasteiger partial charge in [0.25, 0.3) is 0 Å². The van der Waals surface area contributed by atoms with E-state index >= 15 is 4.39 Å². The minimum atomic E-state index is -1.10. The first kappa shape index (κ1) is 21.9. The molecule has 0 fully saturated rings. The molecule has 160 valence electrons. The Morgan fingerprint density at radius 3 is 2.27 bits per heavy atom. The van der Waals surface area contributed by atoms with Crippen LogP contribution in [0.3, 0.4) is 0 Å². The summed E-state index contributed by atoms with van der Waals surface area (Å²) in [5.74, 6) is -1.06. The molecule has 30 heavy (non-hydrogen) atoms. The molecule has 1 aromatic heterocycles. The maximum atomic E-state index is 15.5. The van der Waals surface area contributed by atoms with Gasteiger partial charge in [0.15, 0.2) is 5.82 Å². The summed E-state index contributed by atoms with van der Waals surface area (Å²) >= 11 is 0. The van der Waals surface area contributed by atoms with E-state index in [-0.39, 0.29) is 35.6 Å². The molecule has 0 spiro atoms. The standard InChI is InChI=1S/C23H27F2N3O2/c1-22(2,3)13-18(29)27-21-26-17-11-6-14(12-23(4,5)30)19(25)20(17)28(21)16-9-7-15(24)8-10-16/h6-11,30H,12-13H2,1-5H3,(H,26,27,29). The second-order valence-electron chi connectivity index (χ2n) is 9.43. The number of halogens is 2. The highest BCUT2D eigenvalue weighted by atomic mass is 19.1. The maximum Gasteiger partial charge on any atom is 0.227 e. The van der Waals surface area contributed by atoms with E-state index < -0.39 is 17.2 Å². The van der Waals surface area contributed by atoms with E-state index in [2.05, 4.69) is 10.3 Å². The first-order valence-corrected chi connectivity index (χ1v) is 9.82. The number of rotatable bonds is 5. The third kappa shape index (κ3) is 5.02. The van der Waals surface area contributed by atoms with E-state index in [4.69, 9.17) is 0 Å². The molecule has 1 heterocycles. The van der Waals surface area contributed by atoms with Crippen LogP contribution in [0.1, 0.15) is 46.6 Å². The molecule has 1 amide bonds. The van der Waals surface area contributed by atoms with E-state index in [1.165, 1.54) is 28.8 Å². The van der Waals surface area contributed by atoms with Crippen LogP contribution in [-0.2, 0) is 11.2 Å². The van der Waals surface area contributed by atoms with Gasteiger partial charge in [0.05, 0.1) is 11.1 Å². The van der Waals surface area contributed by atoms with E-state index in [1.54, 1.807) is 26.0 Å². The Bertz CT molecular complexity index is 1070. The van der Waals surface area contributed by atoms with Gasteiger partial charge < -0.3 is 5.11 Å². The highest BCUT2D eigenvalue weighted by Gasteiger charge is 2.24. The SMILES string of the molecule is CC(C)(C)CC(=O)Nc1nc2ccc(CC(C)(C)O)c(F)c2n1-c1ccc(F)cc1. The van der Waals surface area contributed by atoms with Crippen molar-refractivity contribution in [3.63, 3.8) is 0 Å². The van der Waals surface area contributed by atoms with E-state index in [1.807, 2.05) is 20.8 Å². The number of hydrogen-bond acceptors (Lipinski definition) is 3. The van der Waals surface area contributed by atoms with E-state index in [0.29, 0.717) is 16.8 Å². The number of imidazole rings is 1. The summed E-state index contributed by atoms with van der Waals surface area (Å²) in [6.07, 6.45) is 0.362. The van der Waals surface area contributed by atoms with Gasteiger partial charge in [-0.3, -0.25) is 14.7 Å². The Morgan fingerprint density at radius 1 is 1.07 bits per heavy atom. The van der Waals surface area contributed by atoms with Crippen LogP contribution >= 0.6 is 0 Å². The number of carbonyl (C=O) groups excluding carboxylic acids is 1. The number of nitrogens with zero attached hydrogens (tertiary/aromatic N) is 2. The molecule has 0 aliphatic carbocycles. The highest BCUT2D eigenvalue weighted by Crippen LogP contribution is 2.31. The van der Waals surface area contributed by atoms with Crippen LogP contribution in [0.5, 0.6) is 0 Å². The van der Waals surface area contributed by atoms with Gasteiger partial charge in [-0.25, -0.2) is 13.8 Å². The number of aliphatic hydroxyl groups is 1. The third-order valence-electron chi connectivity index (χ3n) is 4.49. The summed E-state index contributed by atoms with van der Waals surface area (Å²) in [5, 5.41) is 12.9. The molecule has 3 aromatic rings. The number of nitrogens with one attached hydrogen (secondary N) is 1. The van der Waals surface area contributed by atoms with Crippen LogP contribution in [0.25, 0.3) is 16.7 Å². The fourth-order valence-corrected chi connectivity index (χ4v) is 3.35. The van der Waals surface area contributed by atoms with Crippen molar-refractivity contribution in [2.75, 3.05) is 5.32 Å². The van der Waals surface area contributed by atoms with Gasteiger partial charge in [0.1, 0.15) is 11.3 Å². The summed E-state index contributed by atoms with van der Waals surface area (Å²) in [4.78, 5) is 16.9. The Labute approximate surface area is 174 Å². The van der Waals surface area contributed by atoms with Crippen LogP contribution in [-0.4, -0.2) is 26.2 Å². The Kier molecular flexibility index (Phi) is 5.69. The second-order valence-corrected chi connectivity index (χ2v) is 9.43. The molecule has 3 rings (SSSR count). The molecule has 0 bridgehead atoms. The smallest absolute Gasteiger partial charge is 0.227 e. The zero-order valence-electron chi connectivity index (χ0n) is 17.9. The maximum absolute atomic E-state index is 15.5. The third-order valence-corrected chi connectivity index (χ3v) is 4.49. The van der Waals surface area contributed by atoms with Crippen molar-refractivity contribution in [1.82, 2.24) is 9.55 Å². The van der Waals surface area contributed by atoms with Crippen molar-refractivity contribution in [2.24, 2.45) is 5.41 Å². The first-order chi connectivity index (χ1) is 13.8. The largest absolute Gasteiger partial charge is 0.390 e. The van der Waals surface area contributed by atoms with Gasteiger partial charge in [0.2, 0.25) is 11.9 Å². The van der Waals surface area contributed by atoms with Crippen LogP contribution in [0.4, 0.5) is 14.7 Å². The second kappa shape index (κ2) is 7.80. The molecular weight excluding hydrogens is 388 g/mol. The van der Waals surface area contributed by atoms with Gasteiger partial charge >= 0.3 is 0 Å². The van der Waals surface area contributed by atoms with Gasteiger partial charge in [-0.15, -0.1) is 0 Å². The molecular formula is C23H27F2N3O2. The number of anilines is 1. The molecule has 0 aliphatic rings. The molecule has 5 nitrogen and oxygen atoms in total. The lowest BCUT2D eigenvalue weighted by atomic mass is 9.92. The molecule has 0 aliphatic heterocycles. The van der Waals surface area contributed by atoms with Crippen LogP contribution in [0.2, 0.25) is 0 Å². The van der Waals surface area contributed by atoms with Crippen LogP contribution in [0, 0.1) is 17.0 Å². The number of fused-ring (bicyclic) bond motifs is 1. The minimum absolute atomic E-state index is 0.106.